The molecule has 2 N–H and O–H groups in total. The summed E-state index contributed by atoms with van der Waals surface area (Å²) in [6.45, 7) is 8.37. The monoisotopic (exact) mass is 238 g/mol. The Morgan fingerprint density at radius 1 is 1.53 bits per heavy atom. The maximum atomic E-state index is 9.84. The summed E-state index contributed by atoms with van der Waals surface area (Å²) in [6.07, 6.45) is 1.72. The summed E-state index contributed by atoms with van der Waals surface area (Å²) in [5.41, 5.74) is -0.810. The Balaban J connectivity index is 2.79. The third-order valence-electron chi connectivity index (χ3n) is 2.91. The standard InChI is InChI=1S/C12H22N4O/c1-6-16(5)10-7-8-13-11(15-10)14-9(2)12(3,4)17/h7-9,17H,6H2,1-5H3,(H,13,14,15). The summed E-state index contributed by atoms with van der Waals surface area (Å²) in [5, 5.41) is 12.9. The van der Waals surface area contributed by atoms with Gasteiger partial charge in [0.1, 0.15) is 5.82 Å². The highest BCUT2D eigenvalue weighted by atomic mass is 16.3. The Hall–Kier alpha value is -1.36. The van der Waals surface area contributed by atoms with E-state index in [-0.39, 0.29) is 6.04 Å². The molecule has 0 fully saturated rings. The summed E-state index contributed by atoms with van der Waals surface area (Å²) < 4.78 is 0. The largest absolute Gasteiger partial charge is 0.388 e. The van der Waals surface area contributed by atoms with Crippen molar-refractivity contribution in [3.63, 3.8) is 0 Å². The first-order valence-electron chi connectivity index (χ1n) is 5.87. The van der Waals surface area contributed by atoms with Crippen molar-refractivity contribution in [2.75, 3.05) is 23.8 Å². The summed E-state index contributed by atoms with van der Waals surface area (Å²) in [7, 11) is 1.98. The van der Waals surface area contributed by atoms with Crippen LogP contribution >= 0.6 is 0 Å². The summed E-state index contributed by atoms with van der Waals surface area (Å²) in [6, 6.07) is 1.74. The molecule has 1 aromatic rings. The van der Waals surface area contributed by atoms with Crippen LogP contribution in [-0.4, -0.2) is 40.3 Å². The molecule has 1 aromatic heterocycles. The highest BCUT2D eigenvalue weighted by molar-refractivity contribution is 5.42. The second-order valence-electron chi connectivity index (χ2n) is 4.77. The molecule has 17 heavy (non-hydrogen) atoms. The molecule has 1 unspecified atom stereocenters. The van der Waals surface area contributed by atoms with Crippen LogP contribution in [-0.2, 0) is 0 Å². The lowest BCUT2D eigenvalue weighted by atomic mass is 10.0. The topological polar surface area (TPSA) is 61.3 Å². The van der Waals surface area contributed by atoms with Crippen LogP contribution in [0.4, 0.5) is 11.8 Å². The van der Waals surface area contributed by atoms with Crippen molar-refractivity contribution >= 4 is 11.8 Å². The lowest BCUT2D eigenvalue weighted by molar-refractivity contribution is 0.0646. The van der Waals surface area contributed by atoms with Gasteiger partial charge in [-0.15, -0.1) is 0 Å². The van der Waals surface area contributed by atoms with E-state index in [9.17, 15) is 5.11 Å². The van der Waals surface area contributed by atoms with Crippen molar-refractivity contribution in [2.24, 2.45) is 0 Å². The highest BCUT2D eigenvalue weighted by Gasteiger charge is 2.22. The minimum atomic E-state index is -0.810. The number of nitrogens with one attached hydrogen (secondary N) is 1. The van der Waals surface area contributed by atoms with E-state index in [0.717, 1.165) is 12.4 Å². The Labute approximate surface area is 103 Å². The van der Waals surface area contributed by atoms with Gasteiger partial charge in [0.25, 0.3) is 0 Å². The molecule has 0 saturated heterocycles. The molecule has 5 nitrogen and oxygen atoms in total. The first kappa shape index (κ1) is 13.7. The van der Waals surface area contributed by atoms with Crippen molar-refractivity contribution in [2.45, 2.75) is 39.3 Å². The molecule has 0 aliphatic carbocycles. The molecule has 1 atom stereocenters. The molecular weight excluding hydrogens is 216 g/mol. The zero-order valence-electron chi connectivity index (χ0n) is 11.2. The summed E-state index contributed by atoms with van der Waals surface area (Å²) in [5.74, 6) is 1.41. The van der Waals surface area contributed by atoms with Crippen molar-refractivity contribution in [1.29, 1.82) is 0 Å². The Bertz CT molecular complexity index is 362. The van der Waals surface area contributed by atoms with Crippen LogP contribution in [0, 0.1) is 0 Å². The van der Waals surface area contributed by atoms with Gasteiger partial charge in [0.2, 0.25) is 5.95 Å². The van der Waals surface area contributed by atoms with Gasteiger partial charge in [0, 0.05) is 19.8 Å². The van der Waals surface area contributed by atoms with Crippen LogP contribution in [0.15, 0.2) is 12.3 Å². The van der Waals surface area contributed by atoms with Crippen molar-refractivity contribution in [3.8, 4) is 0 Å². The molecule has 0 aliphatic heterocycles. The molecule has 5 heteroatoms. The molecule has 0 bridgehead atoms. The van der Waals surface area contributed by atoms with Gasteiger partial charge < -0.3 is 15.3 Å². The maximum absolute atomic E-state index is 9.84. The second kappa shape index (κ2) is 5.31. The average Bonchev–Trinajstić information content (AvgIpc) is 2.27. The number of nitrogens with zero attached hydrogens (tertiary/aromatic N) is 3. The number of hydrogen-bond donors (Lipinski definition) is 2. The predicted molar refractivity (Wildman–Crippen MR) is 70.4 cm³/mol. The molecule has 1 heterocycles. The Morgan fingerprint density at radius 2 is 2.18 bits per heavy atom. The molecule has 0 aliphatic rings. The van der Waals surface area contributed by atoms with Crippen LogP contribution in [0.1, 0.15) is 27.7 Å². The highest BCUT2D eigenvalue weighted by Crippen LogP contribution is 2.15. The van der Waals surface area contributed by atoms with Gasteiger partial charge in [-0.1, -0.05) is 0 Å². The average molecular weight is 238 g/mol. The molecule has 96 valence electrons. The second-order valence-corrected chi connectivity index (χ2v) is 4.77. The zero-order valence-corrected chi connectivity index (χ0v) is 11.2. The number of rotatable bonds is 5. The normalized spacial score (nSPS) is 13.3. The number of aromatic nitrogens is 2. The van der Waals surface area contributed by atoms with Crippen LogP contribution in [0.2, 0.25) is 0 Å². The van der Waals surface area contributed by atoms with Crippen LogP contribution in [0.25, 0.3) is 0 Å². The fraction of sp³-hybridized carbons (Fsp3) is 0.667. The van der Waals surface area contributed by atoms with E-state index in [1.54, 1.807) is 20.0 Å². The number of anilines is 2. The molecule has 1 rings (SSSR count). The van der Waals surface area contributed by atoms with E-state index in [4.69, 9.17) is 0 Å². The summed E-state index contributed by atoms with van der Waals surface area (Å²) >= 11 is 0. The number of hydrogen-bond acceptors (Lipinski definition) is 5. The van der Waals surface area contributed by atoms with E-state index in [0.29, 0.717) is 5.95 Å². The van der Waals surface area contributed by atoms with Gasteiger partial charge >= 0.3 is 0 Å². The fourth-order valence-corrected chi connectivity index (χ4v) is 1.16. The molecule has 0 saturated carbocycles. The van der Waals surface area contributed by atoms with E-state index in [1.165, 1.54) is 0 Å². The first-order valence-corrected chi connectivity index (χ1v) is 5.87. The van der Waals surface area contributed by atoms with Crippen molar-refractivity contribution in [1.82, 2.24) is 9.97 Å². The van der Waals surface area contributed by atoms with Gasteiger partial charge in [0.05, 0.1) is 11.6 Å². The van der Waals surface area contributed by atoms with E-state index < -0.39 is 5.60 Å². The quantitative estimate of drug-likeness (QED) is 0.814. The molecule has 0 radical (unpaired) electrons. The van der Waals surface area contributed by atoms with E-state index in [1.807, 2.05) is 24.9 Å². The van der Waals surface area contributed by atoms with Crippen LogP contribution in [0.5, 0.6) is 0 Å². The zero-order chi connectivity index (χ0) is 13.1. The Kier molecular flexibility index (Phi) is 4.28. The molecule has 0 aromatic carbocycles. The Morgan fingerprint density at radius 3 is 2.71 bits per heavy atom. The van der Waals surface area contributed by atoms with Gasteiger partial charge in [0.15, 0.2) is 0 Å². The lowest BCUT2D eigenvalue weighted by Crippen LogP contribution is -2.39. The smallest absolute Gasteiger partial charge is 0.224 e. The van der Waals surface area contributed by atoms with E-state index >= 15 is 0 Å². The van der Waals surface area contributed by atoms with Gasteiger partial charge in [-0.05, 0) is 33.8 Å². The van der Waals surface area contributed by atoms with Crippen molar-refractivity contribution < 1.29 is 5.11 Å². The fourth-order valence-electron chi connectivity index (χ4n) is 1.16. The molecular formula is C12H22N4O. The molecule has 0 amide bonds. The van der Waals surface area contributed by atoms with Gasteiger partial charge in [-0.2, -0.15) is 4.98 Å². The van der Waals surface area contributed by atoms with Crippen LogP contribution in [0.3, 0.4) is 0 Å². The molecule has 0 spiro atoms. The maximum Gasteiger partial charge on any atom is 0.224 e. The number of aliphatic hydroxyl groups is 1. The van der Waals surface area contributed by atoms with Crippen LogP contribution < -0.4 is 10.2 Å². The van der Waals surface area contributed by atoms with Gasteiger partial charge in [-0.3, -0.25) is 0 Å². The lowest BCUT2D eigenvalue weighted by Gasteiger charge is -2.27. The third kappa shape index (κ3) is 3.85. The van der Waals surface area contributed by atoms with Gasteiger partial charge in [-0.25, -0.2) is 4.98 Å². The third-order valence-corrected chi connectivity index (χ3v) is 2.91. The van der Waals surface area contributed by atoms with E-state index in [2.05, 4.69) is 22.2 Å². The summed E-state index contributed by atoms with van der Waals surface area (Å²) in [4.78, 5) is 10.6. The van der Waals surface area contributed by atoms with Crippen molar-refractivity contribution in [3.05, 3.63) is 12.3 Å². The SMILES string of the molecule is CCN(C)c1ccnc(NC(C)C(C)(C)O)n1. The minimum absolute atomic E-state index is 0.121. The minimum Gasteiger partial charge on any atom is -0.388 e. The first-order chi connectivity index (χ1) is 7.84. The predicted octanol–water partition coefficient (Wildman–Crippen LogP) is 1.50.